The third-order valence-electron chi connectivity index (χ3n) is 6.58. The summed E-state index contributed by atoms with van der Waals surface area (Å²) in [6.07, 6.45) is 2.93. The second-order valence-electron chi connectivity index (χ2n) is 9.34. The lowest BCUT2D eigenvalue weighted by molar-refractivity contribution is 0.477. The standard InChI is InChI=1S/C30H28N6O3/c1-18-9-5-7-11-26(18)35-29(38)23(20(3)33-35)16-31-22-13-14-28(37)25(15-22)32-17-24-21(4)34-36(30(24)39)27-12-8-6-10-19(27)2/h5-17,33-34,37H,1-4H3. The maximum atomic E-state index is 13.1. The molecule has 5 aromatic rings. The summed E-state index contributed by atoms with van der Waals surface area (Å²) in [5.74, 6) is -0.0580. The van der Waals surface area contributed by atoms with E-state index in [-0.39, 0.29) is 22.6 Å². The number of para-hydroxylation sites is 2. The van der Waals surface area contributed by atoms with Crippen LogP contribution in [0.15, 0.2) is 86.3 Å². The summed E-state index contributed by atoms with van der Waals surface area (Å²) in [5, 5.41) is 16.6. The van der Waals surface area contributed by atoms with Crippen LogP contribution in [-0.2, 0) is 0 Å². The van der Waals surface area contributed by atoms with Crippen LogP contribution in [0, 0.1) is 27.7 Å². The van der Waals surface area contributed by atoms with Gasteiger partial charge in [0.2, 0.25) is 0 Å². The van der Waals surface area contributed by atoms with E-state index in [9.17, 15) is 14.7 Å². The average Bonchev–Trinajstić information content (AvgIpc) is 3.36. The van der Waals surface area contributed by atoms with Crippen molar-refractivity contribution in [3.8, 4) is 17.1 Å². The number of hydrogen-bond donors (Lipinski definition) is 3. The first kappa shape index (κ1) is 25.5. The highest BCUT2D eigenvalue weighted by Crippen LogP contribution is 2.30. The van der Waals surface area contributed by atoms with Gasteiger partial charge in [-0.3, -0.25) is 29.8 Å². The molecule has 0 aliphatic carbocycles. The Balaban J connectivity index is 1.44. The Labute approximate surface area is 224 Å². The van der Waals surface area contributed by atoms with E-state index in [0.717, 1.165) is 22.5 Å². The van der Waals surface area contributed by atoms with Crippen LogP contribution in [0.5, 0.6) is 5.75 Å². The molecule has 3 N–H and O–H groups in total. The Morgan fingerprint density at radius 3 is 1.69 bits per heavy atom. The van der Waals surface area contributed by atoms with Crippen molar-refractivity contribution in [3.05, 3.63) is 121 Å². The molecule has 9 heteroatoms. The first-order valence-corrected chi connectivity index (χ1v) is 12.4. The van der Waals surface area contributed by atoms with Gasteiger partial charge in [-0.05, 0) is 69.2 Å². The molecule has 2 heterocycles. The quantitative estimate of drug-likeness (QED) is 0.271. The van der Waals surface area contributed by atoms with Crippen LogP contribution in [0.1, 0.15) is 33.6 Å². The minimum Gasteiger partial charge on any atom is -0.506 e. The zero-order valence-electron chi connectivity index (χ0n) is 22.1. The van der Waals surface area contributed by atoms with E-state index in [4.69, 9.17) is 0 Å². The van der Waals surface area contributed by atoms with Gasteiger partial charge in [-0.15, -0.1) is 0 Å². The smallest absolute Gasteiger partial charge is 0.280 e. The van der Waals surface area contributed by atoms with Gasteiger partial charge in [-0.25, -0.2) is 9.36 Å². The summed E-state index contributed by atoms with van der Waals surface area (Å²) in [4.78, 5) is 35.0. The van der Waals surface area contributed by atoms with E-state index in [1.54, 1.807) is 19.1 Å². The SMILES string of the molecule is Cc1ccccc1-n1[nH]c(C)c(C=Nc2ccc(O)c(N=Cc3c(C)[nH]n(-c4ccccc4C)c3=O)c2)c1=O. The number of phenols is 1. The molecular formula is C30H28N6O3. The topological polar surface area (TPSA) is 121 Å². The van der Waals surface area contributed by atoms with Gasteiger partial charge in [0.1, 0.15) is 11.4 Å². The Morgan fingerprint density at radius 2 is 1.18 bits per heavy atom. The van der Waals surface area contributed by atoms with Crippen molar-refractivity contribution in [3.63, 3.8) is 0 Å². The van der Waals surface area contributed by atoms with Crippen molar-refractivity contribution in [2.24, 2.45) is 9.98 Å². The van der Waals surface area contributed by atoms with Crippen LogP contribution in [-0.4, -0.2) is 37.1 Å². The minimum atomic E-state index is -0.243. The number of rotatable bonds is 6. The number of phenolic OH excluding ortho intramolecular Hbond substituents is 1. The molecule has 0 bridgehead atoms. The van der Waals surface area contributed by atoms with Crippen LogP contribution < -0.4 is 11.1 Å². The summed E-state index contributed by atoms with van der Waals surface area (Å²) < 4.78 is 2.98. The van der Waals surface area contributed by atoms with E-state index >= 15 is 0 Å². The predicted octanol–water partition coefficient (Wildman–Crippen LogP) is 5.09. The van der Waals surface area contributed by atoms with Gasteiger partial charge < -0.3 is 5.11 Å². The van der Waals surface area contributed by atoms with Gasteiger partial charge >= 0.3 is 0 Å². The molecule has 5 rings (SSSR count). The van der Waals surface area contributed by atoms with Gasteiger partial charge in [-0.2, -0.15) is 0 Å². The fraction of sp³-hybridized carbons (Fsp3) is 0.133. The van der Waals surface area contributed by atoms with E-state index in [1.807, 2.05) is 69.3 Å². The summed E-state index contributed by atoms with van der Waals surface area (Å²) in [6, 6.07) is 19.9. The molecule has 0 radical (unpaired) electrons. The molecule has 3 aromatic carbocycles. The number of aliphatic imine (C=N–C) groups is 2. The average molecular weight is 521 g/mol. The van der Waals surface area contributed by atoms with Gasteiger partial charge in [0, 0.05) is 23.8 Å². The molecule has 0 spiro atoms. The molecule has 0 saturated carbocycles. The number of benzene rings is 3. The minimum absolute atomic E-state index is 0.0580. The lowest BCUT2D eigenvalue weighted by Gasteiger charge is -2.04. The van der Waals surface area contributed by atoms with E-state index in [2.05, 4.69) is 20.2 Å². The number of aromatic amines is 2. The van der Waals surface area contributed by atoms with Gasteiger partial charge in [0.25, 0.3) is 11.1 Å². The van der Waals surface area contributed by atoms with Crippen molar-refractivity contribution in [2.75, 3.05) is 0 Å². The Hall–Kier alpha value is -5.18. The molecule has 0 aliphatic heterocycles. The van der Waals surface area contributed by atoms with E-state index < -0.39 is 0 Å². The van der Waals surface area contributed by atoms with Crippen LogP contribution >= 0.6 is 0 Å². The molecule has 0 saturated heterocycles. The molecule has 9 nitrogen and oxygen atoms in total. The highest BCUT2D eigenvalue weighted by molar-refractivity contribution is 5.85. The van der Waals surface area contributed by atoms with Crippen molar-refractivity contribution in [2.45, 2.75) is 27.7 Å². The lowest BCUT2D eigenvalue weighted by Crippen LogP contribution is -2.18. The number of nitrogens with zero attached hydrogens (tertiary/aromatic N) is 4. The third-order valence-corrected chi connectivity index (χ3v) is 6.58. The second kappa shape index (κ2) is 10.3. The highest BCUT2D eigenvalue weighted by atomic mass is 16.3. The van der Waals surface area contributed by atoms with Crippen LogP contribution in [0.2, 0.25) is 0 Å². The fourth-order valence-corrected chi connectivity index (χ4v) is 4.36. The van der Waals surface area contributed by atoms with Crippen molar-refractivity contribution in [1.82, 2.24) is 19.6 Å². The largest absolute Gasteiger partial charge is 0.506 e. The number of hydrogen-bond acceptors (Lipinski definition) is 5. The first-order valence-electron chi connectivity index (χ1n) is 12.4. The summed E-state index contributed by atoms with van der Waals surface area (Å²) >= 11 is 0. The molecule has 0 unspecified atom stereocenters. The maximum absolute atomic E-state index is 13.1. The van der Waals surface area contributed by atoms with Gasteiger partial charge in [0.05, 0.1) is 28.2 Å². The Morgan fingerprint density at radius 1 is 0.692 bits per heavy atom. The number of nitrogens with one attached hydrogen (secondary N) is 2. The summed E-state index contributed by atoms with van der Waals surface area (Å²) in [5.41, 5.74) is 5.86. The molecule has 2 aromatic heterocycles. The molecule has 0 fully saturated rings. The first-order chi connectivity index (χ1) is 18.7. The van der Waals surface area contributed by atoms with Crippen molar-refractivity contribution in [1.29, 1.82) is 0 Å². The molecular weight excluding hydrogens is 492 g/mol. The zero-order valence-corrected chi connectivity index (χ0v) is 22.1. The number of H-pyrrole nitrogens is 2. The Kier molecular flexibility index (Phi) is 6.72. The van der Waals surface area contributed by atoms with E-state index in [1.165, 1.54) is 27.9 Å². The second-order valence-corrected chi connectivity index (χ2v) is 9.34. The molecule has 0 aliphatic rings. The number of aryl methyl sites for hydroxylation is 4. The predicted molar refractivity (Wildman–Crippen MR) is 154 cm³/mol. The fourth-order valence-electron chi connectivity index (χ4n) is 4.36. The monoisotopic (exact) mass is 520 g/mol. The van der Waals surface area contributed by atoms with Gasteiger partial charge in [0.15, 0.2) is 0 Å². The zero-order chi connectivity index (χ0) is 27.7. The number of aromatic nitrogens is 4. The highest BCUT2D eigenvalue weighted by Gasteiger charge is 2.14. The molecule has 39 heavy (non-hydrogen) atoms. The van der Waals surface area contributed by atoms with Gasteiger partial charge in [-0.1, -0.05) is 36.4 Å². The van der Waals surface area contributed by atoms with Crippen LogP contribution in [0.25, 0.3) is 11.4 Å². The number of aromatic hydroxyl groups is 1. The molecule has 196 valence electrons. The molecule has 0 atom stereocenters. The normalized spacial score (nSPS) is 11.7. The van der Waals surface area contributed by atoms with Crippen LogP contribution in [0.4, 0.5) is 11.4 Å². The summed E-state index contributed by atoms with van der Waals surface area (Å²) in [6.45, 7) is 7.48. The Bertz CT molecular complexity index is 1870. The third kappa shape index (κ3) is 4.89. The van der Waals surface area contributed by atoms with Crippen molar-refractivity contribution >= 4 is 23.8 Å². The van der Waals surface area contributed by atoms with E-state index in [0.29, 0.717) is 28.2 Å². The molecule has 0 amide bonds. The summed E-state index contributed by atoms with van der Waals surface area (Å²) in [7, 11) is 0. The maximum Gasteiger partial charge on any atom is 0.280 e. The lowest BCUT2D eigenvalue weighted by atomic mass is 10.2. The van der Waals surface area contributed by atoms with Crippen molar-refractivity contribution < 1.29 is 5.11 Å². The van der Waals surface area contributed by atoms with Crippen LogP contribution in [0.3, 0.4) is 0 Å².